The summed E-state index contributed by atoms with van der Waals surface area (Å²) in [6.45, 7) is 6.25. The fourth-order valence-electron chi connectivity index (χ4n) is 1.72. The molecular formula is C13H22ClN3. The van der Waals surface area contributed by atoms with Gasteiger partial charge in [0.25, 0.3) is 0 Å². The smallest absolute Gasteiger partial charge is 0.0852 e. The van der Waals surface area contributed by atoms with E-state index >= 15 is 0 Å². The maximum atomic E-state index is 6.26. The third-order valence-corrected chi connectivity index (χ3v) is 3.15. The Morgan fingerprint density at radius 1 is 1.35 bits per heavy atom. The molecule has 0 unspecified atom stereocenters. The van der Waals surface area contributed by atoms with Crippen molar-refractivity contribution in [2.24, 2.45) is 7.05 Å². The van der Waals surface area contributed by atoms with Gasteiger partial charge in [-0.1, -0.05) is 37.6 Å². The first-order valence-electron chi connectivity index (χ1n) is 6.26. The fourth-order valence-corrected chi connectivity index (χ4v) is 2.09. The summed E-state index contributed by atoms with van der Waals surface area (Å²) in [5, 5.41) is 8.51. The summed E-state index contributed by atoms with van der Waals surface area (Å²) in [7, 11) is 1.95. The molecule has 0 atom stereocenters. The number of rotatable bonds is 7. The van der Waals surface area contributed by atoms with Gasteiger partial charge in [-0.25, -0.2) is 0 Å². The Hall–Kier alpha value is -0.800. The number of halogens is 1. The monoisotopic (exact) mass is 255 g/mol. The van der Waals surface area contributed by atoms with Gasteiger partial charge < -0.3 is 5.32 Å². The predicted octanol–water partition coefficient (Wildman–Crippen LogP) is 2.73. The van der Waals surface area contributed by atoms with E-state index in [1.165, 1.54) is 0 Å². The number of nitrogens with one attached hydrogen (secondary N) is 1. The van der Waals surface area contributed by atoms with Gasteiger partial charge in [-0.05, 0) is 25.9 Å². The second-order valence-electron chi connectivity index (χ2n) is 4.00. The third kappa shape index (κ3) is 4.17. The van der Waals surface area contributed by atoms with Gasteiger partial charge in [0, 0.05) is 13.5 Å². The molecule has 0 amide bonds. The van der Waals surface area contributed by atoms with Gasteiger partial charge in [0.2, 0.25) is 0 Å². The van der Waals surface area contributed by atoms with Crippen molar-refractivity contribution >= 4 is 11.6 Å². The Bertz CT molecular complexity index is 369. The lowest BCUT2D eigenvalue weighted by molar-refractivity contribution is 0.710. The number of aryl methyl sites for hydroxylation is 2. The van der Waals surface area contributed by atoms with E-state index in [0.29, 0.717) is 0 Å². The largest absolute Gasteiger partial charge is 0.317 e. The lowest BCUT2D eigenvalue weighted by Gasteiger charge is -1.98. The van der Waals surface area contributed by atoms with Crippen molar-refractivity contribution in [1.29, 1.82) is 0 Å². The van der Waals surface area contributed by atoms with Crippen LogP contribution in [0.25, 0.3) is 0 Å². The average Bonchev–Trinajstić information content (AvgIpc) is 2.60. The average molecular weight is 256 g/mol. The number of hydrogen-bond donors (Lipinski definition) is 1. The number of aromatic nitrogens is 2. The molecule has 0 aliphatic carbocycles. The SMILES string of the molecule is CCNCCC=CCc1c(Cl)c(CC)nn1C. The molecule has 0 radical (unpaired) electrons. The molecule has 0 saturated heterocycles. The molecule has 0 aliphatic heterocycles. The van der Waals surface area contributed by atoms with E-state index in [2.05, 4.69) is 36.4 Å². The van der Waals surface area contributed by atoms with Gasteiger partial charge in [0.15, 0.2) is 0 Å². The fraction of sp³-hybridized carbons (Fsp3) is 0.615. The molecule has 17 heavy (non-hydrogen) atoms. The molecule has 0 fully saturated rings. The summed E-state index contributed by atoms with van der Waals surface area (Å²) >= 11 is 6.26. The second kappa shape index (κ2) is 7.51. The zero-order chi connectivity index (χ0) is 12.7. The summed E-state index contributed by atoms with van der Waals surface area (Å²) in [6.07, 6.45) is 7.16. The van der Waals surface area contributed by atoms with E-state index in [1.807, 2.05) is 11.7 Å². The second-order valence-corrected chi connectivity index (χ2v) is 4.38. The maximum absolute atomic E-state index is 6.26. The molecule has 1 aromatic rings. The minimum absolute atomic E-state index is 0.825. The van der Waals surface area contributed by atoms with Crippen molar-refractivity contribution < 1.29 is 0 Å². The Balaban J connectivity index is 2.48. The minimum Gasteiger partial charge on any atom is -0.317 e. The van der Waals surface area contributed by atoms with Crippen LogP contribution in [-0.2, 0) is 19.9 Å². The molecule has 3 nitrogen and oxygen atoms in total. The lowest BCUT2D eigenvalue weighted by Crippen LogP contribution is -2.12. The van der Waals surface area contributed by atoms with E-state index in [4.69, 9.17) is 11.6 Å². The summed E-state index contributed by atoms with van der Waals surface area (Å²) in [5.41, 5.74) is 2.09. The van der Waals surface area contributed by atoms with Crippen LogP contribution in [0, 0.1) is 0 Å². The van der Waals surface area contributed by atoms with Gasteiger partial charge >= 0.3 is 0 Å². The highest BCUT2D eigenvalue weighted by Gasteiger charge is 2.10. The van der Waals surface area contributed by atoms with Crippen LogP contribution >= 0.6 is 11.6 Å². The number of hydrogen-bond acceptors (Lipinski definition) is 2. The Kier molecular flexibility index (Phi) is 6.30. The third-order valence-electron chi connectivity index (χ3n) is 2.72. The van der Waals surface area contributed by atoms with Crippen LogP contribution in [0.15, 0.2) is 12.2 Å². The molecule has 1 heterocycles. The molecule has 4 heteroatoms. The first-order valence-corrected chi connectivity index (χ1v) is 6.64. The van der Waals surface area contributed by atoms with Crippen LogP contribution in [-0.4, -0.2) is 22.9 Å². The quantitative estimate of drug-likeness (QED) is 0.600. The van der Waals surface area contributed by atoms with Gasteiger partial charge in [-0.2, -0.15) is 5.10 Å². The zero-order valence-corrected chi connectivity index (χ0v) is 11.7. The highest BCUT2D eigenvalue weighted by atomic mass is 35.5. The van der Waals surface area contributed by atoms with Crippen LogP contribution in [0.4, 0.5) is 0 Å². The maximum Gasteiger partial charge on any atom is 0.0852 e. The van der Waals surface area contributed by atoms with Crippen molar-refractivity contribution in [1.82, 2.24) is 15.1 Å². The molecule has 0 aliphatic rings. The van der Waals surface area contributed by atoms with Crippen LogP contribution < -0.4 is 5.32 Å². The van der Waals surface area contributed by atoms with E-state index in [0.717, 1.165) is 48.8 Å². The van der Waals surface area contributed by atoms with Gasteiger partial charge in [-0.3, -0.25) is 4.68 Å². The zero-order valence-electron chi connectivity index (χ0n) is 11.0. The first kappa shape index (κ1) is 14.3. The highest BCUT2D eigenvalue weighted by molar-refractivity contribution is 6.31. The molecular weight excluding hydrogens is 234 g/mol. The predicted molar refractivity (Wildman–Crippen MR) is 73.6 cm³/mol. The van der Waals surface area contributed by atoms with Crippen molar-refractivity contribution in [2.75, 3.05) is 13.1 Å². The van der Waals surface area contributed by atoms with Crippen LogP contribution in [0.3, 0.4) is 0 Å². The minimum atomic E-state index is 0.825. The molecule has 0 saturated carbocycles. The van der Waals surface area contributed by atoms with Crippen molar-refractivity contribution in [3.8, 4) is 0 Å². The Morgan fingerprint density at radius 3 is 2.71 bits per heavy atom. The van der Waals surface area contributed by atoms with Gasteiger partial charge in [0.1, 0.15) is 0 Å². The van der Waals surface area contributed by atoms with Crippen LogP contribution in [0.1, 0.15) is 31.7 Å². The van der Waals surface area contributed by atoms with Gasteiger partial charge in [-0.15, -0.1) is 0 Å². The van der Waals surface area contributed by atoms with Crippen molar-refractivity contribution in [3.05, 3.63) is 28.6 Å². The number of allylic oxidation sites excluding steroid dienone is 1. The Morgan fingerprint density at radius 2 is 2.12 bits per heavy atom. The topological polar surface area (TPSA) is 29.9 Å². The number of nitrogens with zero attached hydrogens (tertiary/aromatic N) is 2. The molecule has 1 rings (SSSR count). The molecule has 1 aromatic heterocycles. The van der Waals surface area contributed by atoms with Crippen molar-refractivity contribution in [2.45, 2.75) is 33.1 Å². The molecule has 0 bridgehead atoms. The molecule has 0 spiro atoms. The molecule has 1 N–H and O–H groups in total. The van der Waals surface area contributed by atoms with Crippen LogP contribution in [0.2, 0.25) is 5.02 Å². The Labute approximate surface area is 109 Å². The molecule has 96 valence electrons. The normalized spacial score (nSPS) is 11.5. The summed E-state index contributed by atoms with van der Waals surface area (Å²) < 4.78 is 1.88. The van der Waals surface area contributed by atoms with E-state index in [-0.39, 0.29) is 0 Å². The molecule has 0 aromatic carbocycles. The first-order chi connectivity index (χ1) is 8.20. The summed E-state index contributed by atoms with van der Waals surface area (Å²) in [5.74, 6) is 0. The standard InChI is InChI=1S/C13H22ClN3/c1-4-11-13(14)12(17(3)16-11)9-7-6-8-10-15-5-2/h6-7,15H,4-5,8-10H2,1-3H3. The van der Waals surface area contributed by atoms with Crippen LogP contribution in [0.5, 0.6) is 0 Å². The van der Waals surface area contributed by atoms with Gasteiger partial charge in [0.05, 0.1) is 16.4 Å². The summed E-state index contributed by atoms with van der Waals surface area (Å²) in [4.78, 5) is 0. The summed E-state index contributed by atoms with van der Waals surface area (Å²) in [6, 6.07) is 0. The lowest BCUT2D eigenvalue weighted by atomic mass is 10.2. The van der Waals surface area contributed by atoms with E-state index in [9.17, 15) is 0 Å². The van der Waals surface area contributed by atoms with E-state index in [1.54, 1.807) is 0 Å². The van der Waals surface area contributed by atoms with Crippen molar-refractivity contribution in [3.63, 3.8) is 0 Å². The van der Waals surface area contributed by atoms with E-state index < -0.39 is 0 Å². The highest BCUT2D eigenvalue weighted by Crippen LogP contribution is 2.21.